The smallest absolute Gasteiger partial charge is 0.164 e. The van der Waals surface area contributed by atoms with Gasteiger partial charge in [0.1, 0.15) is 18.7 Å². The van der Waals surface area contributed by atoms with E-state index in [1.165, 1.54) is 6.33 Å². The van der Waals surface area contributed by atoms with Crippen LogP contribution in [0.2, 0.25) is 0 Å². The molecule has 96 valence electrons. The van der Waals surface area contributed by atoms with Crippen LogP contribution in [-0.4, -0.2) is 19.9 Å². The minimum Gasteiger partial charge on any atom is -0.485 e. The molecule has 0 saturated carbocycles. The molecule has 0 radical (unpaired) electrons. The number of hydrogen-bond acceptors (Lipinski definition) is 4. The first-order valence-corrected chi connectivity index (χ1v) is 5.78. The van der Waals surface area contributed by atoms with Crippen LogP contribution in [0.4, 0.5) is 0 Å². The van der Waals surface area contributed by atoms with Crippen LogP contribution < -0.4 is 4.74 Å². The van der Waals surface area contributed by atoms with Gasteiger partial charge in [-0.3, -0.25) is 4.68 Å². The van der Waals surface area contributed by atoms with Gasteiger partial charge in [-0.25, -0.2) is 4.98 Å². The first-order valence-electron chi connectivity index (χ1n) is 5.78. The lowest BCUT2D eigenvalue weighted by molar-refractivity contribution is 0.277. The van der Waals surface area contributed by atoms with E-state index < -0.39 is 0 Å². The second-order valence-corrected chi connectivity index (χ2v) is 4.31. The standard InChI is InChI=1S/C13H17N3O2/c1-9-4-11(6-17)5-10(2)13(9)18-7-12-14-8-15-16(12)3/h4-5,8,17H,6-7H2,1-3H3. The Morgan fingerprint density at radius 2 is 1.94 bits per heavy atom. The van der Waals surface area contributed by atoms with E-state index in [0.717, 1.165) is 28.3 Å². The summed E-state index contributed by atoms with van der Waals surface area (Å²) in [4.78, 5) is 4.11. The highest BCUT2D eigenvalue weighted by Gasteiger charge is 2.08. The van der Waals surface area contributed by atoms with E-state index in [0.29, 0.717) is 6.61 Å². The molecule has 2 rings (SSSR count). The first kappa shape index (κ1) is 12.6. The molecule has 0 aliphatic heterocycles. The summed E-state index contributed by atoms with van der Waals surface area (Å²) in [5.74, 6) is 1.62. The van der Waals surface area contributed by atoms with Crippen molar-refractivity contribution in [2.24, 2.45) is 7.05 Å². The quantitative estimate of drug-likeness (QED) is 0.889. The van der Waals surface area contributed by atoms with E-state index >= 15 is 0 Å². The predicted molar refractivity (Wildman–Crippen MR) is 67.2 cm³/mol. The van der Waals surface area contributed by atoms with Crippen molar-refractivity contribution in [2.75, 3.05) is 0 Å². The number of rotatable bonds is 4. The van der Waals surface area contributed by atoms with E-state index in [-0.39, 0.29) is 6.61 Å². The molecular formula is C13H17N3O2. The average Bonchev–Trinajstić information content (AvgIpc) is 2.73. The van der Waals surface area contributed by atoms with Gasteiger partial charge in [0, 0.05) is 7.05 Å². The Morgan fingerprint density at radius 1 is 1.28 bits per heavy atom. The molecule has 18 heavy (non-hydrogen) atoms. The Kier molecular flexibility index (Phi) is 3.62. The highest BCUT2D eigenvalue weighted by Crippen LogP contribution is 2.25. The SMILES string of the molecule is Cc1cc(CO)cc(C)c1OCc1ncnn1C. The van der Waals surface area contributed by atoms with Gasteiger partial charge in [-0.2, -0.15) is 5.10 Å². The fourth-order valence-corrected chi connectivity index (χ4v) is 1.95. The molecule has 0 fully saturated rings. The predicted octanol–water partition coefficient (Wildman–Crippen LogP) is 1.50. The molecule has 0 atom stereocenters. The third-order valence-electron chi connectivity index (χ3n) is 2.85. The molecule has 0 bridgehead atoms. The van der Waals surface area contributed by atoms with Crippen LogP contribution in [-0.2, 0) is 20.3 Å². The molecule has 0 aliphatic carbocycles. The maximum atomic E-state index is 9.13. The molecule has 2 aromatic rings. The summed E-state index contributed by atoms with van der Waals surface area (Å²) >= 11 is 0. The maximum absolute atomic E-state index is 9.13. The van der Waals surface area contributed by atoms with Crippen LogP contribution in [0, 0.1) is 13.8 Å². The highest BCUT2D eigenvalue weighted by molar-refractivity contribution is 5.43. The number of aromatic nitrogens is 3. The molecular weight excluding hydrogens is 230 g/mol. The Hall–Kier alpha value is -1.88. The van der Waals surface area contributed by atoms with Gasteiger partial charge in [0.2, 0.25) is 0 Å². The maximum Gasteiger partial charge on any atom is 0.164 e. The summed E-state index contributed by atoms with van der Waals surface area (Å²) in [7, 11) is 1.83. The van der Waals surface area contributed by atoms with Crippen molar-refractivity contribution in [3.63, 3.8) is 0 Å². The van der Waals surface area contributed by atoms with Crippen LogP contribution in [0.15, 0.2) is 18.5 Å². The molecule has 0 unspecified atom stereocenters. The number of hydrogen-bond donors (Lipinski definition) is 1. The number of nitrogens with zero attached hydrogens (tertiary/aromatic N) is 3. The van der Waals surface area contributed by atoms with Crippen LogP contribution in [0.3, 0.4) is 0 Å². The van der Waals surface area contributed by atoms with Crippen molar-refractivity contribution in [2.45, 2.75) is 27.1 Å². The zero-order valence-corrected chi connectivity index (χ0v) is 10.8. The summed E-state index contributed by atoms with van der Waals surface area (Å²) in [5.41, 5.74) is 2.93. The second kappa shape index (κ2) is 5.18. The molecule has 1 N–H and O–H groups in total. The van der Waals surface area contributed by atoms with Gasteiger partial charge in [0.25, 0.3) is 0 Å². The van der Waals surface area contributed by atoms with Gasteiger partial charge >= 0.3 is 0 Å². The lowest BCUT2D eigenvalue weighted by Crippen LogP contribution is -2.06. The normalized spacial score (nSPS) is 10.7. The van der Waals surface area contributed by atoms with Gasteiger partial charge in [-0.05, 0) is 30.5 Å². The van der Waals surface area contributed by atoms with Gasteiger partial charge in [0.05, 0.1) is 6.61 Å². The zero-order valence-electron chi connectivity index (χ0n) is 10.8. The van der Waals surface area contributed by atoms with Gasteiger partial charge in [-0.15, -0.1) is 0 Å². The summed E-state index contributed by atoms with van der Waals surface area (Å²) < 4.78 is 7.47. The topological polar surface area (TPSA) is 60.2 Å². The third-order valence-corrected chi connectivity index (χ3v) is 2.85. The lowest BCUT2D eigenvalue weighted by atomic mass is 10.1. The third kappa shape index (κ3) is 2.51. The van der Waals surface area contributed by atoms with Crippen molar-refractivity contribution in [3.05, 3.63) is 41.0 Å². The number of aryl methyl sites for hydroxylation is 3. The van der Waals surface area contributed by atoms with Gasteiger partial charge in [0.15, 0.2) is 5.82 Å². The summed E-state index contributed by atoms with van der Waals surface area (Å²) in [6, 6.07) is 3.86. The van der Waals surface area contributed by atoms with Crippen LogP contribution in [0.1, 0.15) is 22.5 Å². The fraction of sp³-hybridized carbons (Fsp3) is 0.385. The van der Waals surface area contributed by atoms with Crippen molar-refractivity contribution in [1.82, 2.24) is 14.8 Å². The zero-order chi connectivity index (χ0) is 13.1. The molecule has 1 aromatic carbocycles. The molecule has 5 heteroatoms. The number of aliphatic hydroxyl groups excluding tert-OH is 1. The number of aliphatic hydroxyl groups is 1. The highest BCUT2D eigenvalue weighted by atomic mass is 16.5. The van der Waals surface area contributed by atoms with E-state index in [1.54, 1.807) is 4.68 Å². The van der Waals surface area contributed by atoms with E-state index in [2.05, 4.69) is 10.1 Å². The minimum atomic E-state index is 0.0469. The Bertz CT molecular complexity index is 526. The average molecular weight is 247 g/mol. The molecule has 0 saturated heterocycles. The van der Waals surface area contributed by atoms with E-state index in [1.807, 2.05) is 33.0 Å². The summed E-state index contributed by atoms with van der Waals surface area (Å²) in [5, 5.41) is 13.1. The van der Waals surface area contributed by atoms with Crippen molar-refractivity contribution < 1.29 is 9.84 Å². The van der Waals surface area contributed by atoms with E-state index in [4.69, 9.17) is 9.84 Å². The second-order valence-electron chi connectivity index (χ2n) is 4.31. The number of benzene rings is 1. The molecule has 1 aromatic heterocycles. The lowest BCUT2D eigenvalue weighted by Gasteiger charge is -2.13. The summed E-state index contributed by atoms with van der Waals surface area (Å²) in [6.07, 6.45) is 1.51. The minimum absolute atomic E-state index is 0.0469. The van der Waals surface area contributed by atoms with Gasteiger partial charge < -0.3 is 9.84 Å². The van der Waals surface area contributed by atoms with Gasteiger partial charge in [-0.1, -0.05) is 12.1 Å². The molecule has 0 amide bonds. The largest absolute Gasteiger partial charge is 0.485 e. The van der Waals surface area contributed by atoms with Crippen molar-refractivity contribution >= 4 is 0 Å². The molecule has 1 heterocycles. The van der Waals surface area contributed by atoms with Crippen molar-refractivity contribution in [1.29, 1.82) is 0 Å². The Morgan fingerprint density at radius 3 is 2.44 bits per heavy atom. The monoisotopic (exact) mass is 247 g/mol. The van der Waals surface area contributed by atoms with Crippen molar-refractivity contribution in [3.8, 4) is 5.75 Å². The van der Waals surface area contributed by atoms with Crippen LogP contribution >= 0.6 is 0 Å². The Labute approximate surface area is 106 Å². The van der Waals surface area contributed by atoms with Crippen LogP contribution in [0.25, 0.3) is 0 Å². The summed E-state index contributed by atoms with van der Waals surface area (Å²) in [6.45, 7) is 4.37. The number of ether oxygens (including phenoxy) is 1. The van der Waals surface area contributed by atoms with E-state index in [9.17, 15) is 0 Å². The fourth-order valence-electron chi connectivity index (χ4n) is 1.95. The Balaban J connectivity index is 2.17. The molecule has 0 aliphatic rings. The molecule has 0 spiro atoms. The first-order chi connectivity index (χ1) is 8.61. The van der Waals surface area contributed by atoms with Crippen LogP contribution in [0.5, 0.6) is 5.75 Å². The molecule has 5 nitrogen and oxygen atoms in total.